The molecular weight excluding hydrogens is 347 g/mol. The zero-order valence-electron chi connectivity index (χ0n) is 14.5. The molecule has 0 fully saturated rings. The molecule has 22 heavy (non-hydrogen) atoms. The predicted octanol–water partition coefficient (Wildman–Crippen LogP) is -0.551. The van der Waals surface area contributed by atoms with Gasteiger partial charge in [0.1, 0.15) is 0 Å². The van der Waals surface area contributed by atoms with Gasteiger partial charge in [0.15, 0.2) is 0 Å². The molecule has 0 saturated carbocycles. The smallest absolute Gasteiger partial charge is 1.00 e. The number of rotatable bonds is 4. The van der Waals surface area contributed by atoms with Crippen LogP contribution in [0, 0.1) is 29.4 Å². The van der Waals surface area contributed by atoms with Crippen LogP contribution in [0.25, 0.3) is 0 Å². The third kappa shape index (κ3) is 4.63. The Labute approximate surface area is 164 Å². The molecule has 0 aromatic rings. The molecule has 0 aromatic heterocycles. The largest absolute Gasteiger partial charge is 4.00 e. The van der Waals surface area contributed by atoms with Crippen LogP contribution in [0.15, 0.2) is 34.4 Å². The summed E-state index contributed by atoms with van der Waals surface area (Å²) in [5.41, 5.74) is 5.60. The van der Waals surface area contributed by atoms with Crippen molar-refractivity contribution in [2.24, 2.45) is 17.3 Å². The van der Waals surface area contributed by atoms with E-state index in [0.717, 1.165) is 12.8 Å². The van der Waals surface area contributed by atoms with Gasteiger partial charge < -0.3 is 24.8 Å². The van der Waals surface area contributed by atoms with E-state index >= 15 is 0 Å². The summed E-state index contributed by atoms with van der Waals surface area (Å²) >= 11 is 0. The molecule has 0 bridgehead atoms. The van der Waals surface area contributed by atoms with Gasteiger partial charge in [-0.1, -0.05) is 57.8 Å². The Morgan fingerprint density at radius 1 is 0.864 bits per heavy atom. The van der Waals surface area contributed by atoms with Crippen LogP contribution in [0.1, 0.15) is 54.4 Å². The van der Waals surface area contributed by atoms with Crippen LogP contribution in [-0.4, -0.2) is 0 Å². The van der Waals surface area contributed by atoms with Gasteiger partial charge in [0.2, 0.25) is 0 Å². The minimum atomic E-state index is 0. The first kappa shape index (κ1) is 24.5. The third-order valence-electron chi connectivity index (χ3n) is 4.48. The van der Waals surface area contributed by atoms with Gasteiger partial charge in [-0.15, -0.1) is 13.8 Å². The molecule has 2 rings (SSSR count). The predicted molar refractivity (Wildman–Crippen MR) is 82.4 cm³/mol. The van der Waals surface area contributed by atoms with Gasteiger partial charge in [-0.3, -0.25) is 12.2 Å². The second-order valence-corrected chi connectivity index (χ2v) is 6.39. The molecule has 0 radical (unpaired) electrons. The fourth-order valence-corrected chi connectivity index (χ4v) is 3.36. The number of hydrogen-bond donors (Lipinski definition) is 0. The summed E-state index contributed by atoms with van der Waals surface area (Å²) in [4.78, 5) is 0. The second kappa shape index (κ2) is 9.53. The zero-order valence-corrected chi connectivity index (χ0v) is 17.6. The zero-order chi connectivity index (χ0) is 14.2. The van der Waals surface area contributed by atoms with E-state index < -0.39 is 0 Å². The third-order valence-corrected chi connectivity index (χ3v) is 4.48. The van der Waals surface area contributed by atoms with Crippen LogP contribution < -0.4 is 24.8 Å². The summed E-state index contributed by atoms with van der Waals surface area (Å²) < 4.78 is 0. The normalized spacial score (nSPS) is 23.4. The maximum atomic E-state index is 3.70. The van der Waals surface area contributed by atoms with E-state index in [2.05, 4.69) is 65.8 Å². The van der Waals surface area contributed by atoms with Crippen molar-refractivity contribution in [3.63, 3.8) is 0 Å². The molecule has 0 heterocycles. The molecule has 0 saturated heterocycles. The summed E-state index contributed by atoms with van der Waals surface area (Å²) in [6, 6.07) is 0. The van der Waals surface area contributed by atoms with E-state index in [4.69, 9.17) is 0 Å². The summed E-state index contributed by atoms with van der Waals surface area (Å²) in [5.74, 6) is 1.00. The molecule has 2 aliphatic carbocycles. The monoisotopic (exact) mass is 372 g/mol. The van der Waals surface area contributed by atoms with Crippen molar-refractivity contribution < 1.29 is 46.5 Å². The van der Waals surface area contributed by atoms with Gasteiger partial charge in [-0.05, 0) is 0 Å². The fourth-order valence-electron chi connectivity index (χ4n) is 3.36. The van der Waals surface area contributed by atoms with Crippen LogP contribution in [-0.2, 0) is 21.7 Å². The van der Waals surface area contributed by atoms with Crippen molar-refractivity contribution in [2.45, 2.75) is 54.4 Å². The van der Waals surface area contributed by atoms with Gasteiger partial charge in [0.05, 0.1) is 0 Å². The first-order valence-corrected chi connectivity index (χ1v) is 7.55. The summed E-state index contributed by atoms with van der Waals surface area (Å²) in [6.45, 7) is 13.6. The van der Waals surface area contributed by atoms with Crippen LogP contribution in [0.3, 0.4) is 0 Å². The maximum Gasteiger partial charge on any atom is 4.00 e. The summed E-state index contributed by atoms with van der Waals surface area (Å²) in [7, 11) is 0. The maximum absolute atomic E-state index is 3.70. The van der Waals surface area contributed by atoms with E-state index in [1.807, 2.05) is 0 Å². The number of allylic oxidation sites excluding steroid dienone is 8. The molecule has 2 unspecified atom stereocenters. The van der Waals surface area contributed by atoms with Gasteiger partial charge in [-0.25, -0.2) is 11.1 Å². The van der Waals surface area contributed by atoms with Crippen molar-refractivity contribution in [2.75, 3.05) is 0 Å². The van der Waals surface area contributed by atoms with Crippen LogP contribution in [0.2, 0.25) is 0 Å². The van der Waals surface area contributed by atoms with Crippen molar-refractivity contribution in [1.29, 1.82) is 0 Å². The van der Waals surface area contributed by atoms with Gasteiger partial charge in [0.25, 0.3) is 0 Å². The fraction of sp³-hybridized carbons (Fsp3) is 0.579. The number of halogens is 2. The summed E-state index contributed by atoms with van der Waals surface area (Å²) in [5, 5.41) is 0. The van der Waals surface area contributed by atoms with E-state index in [1.54, 1.807) is 0 Å². The summed E-state index contributed by atoms with van der Waals surface area (Å²) in [6.07, 6.45) is 14.4. The van der Waals surface area contributed by atoms with Gasteiger partial charge in [0, 0.05) is 0 Å². The molecule has 0 amide bonds. The molecule has 0 spiro atoms. The van der Waals surface area contributed by atoms with Crippen molar-refractivity contribution in [3.8, 4) is 0 Å². The van der Waals surface area contributed by atoms with E-state index in [0.29, 0.717) is 11.8 Å². The molecule has 2 atom stereocenters. The Kier molecular flexibility index (Phi) is 10.6. The van der Waals surface area contributed by atoms with Crippen LogP contribution >= 0.6 is 0 Å². The Morgan fingerprint density at radius 3 is 1.41 bits per heavy atom. The first-order chi connectivity index (χ1) is 8.90. The van der Waals surface area contributed by atoms with E-state index in [1.165, 1.54) is 22.3 Å². The van der Waals surface area contributed by atoms with Crippen LogP contribution in [0.4, 0.5) is 0 Å². The van der Waals surface area contributed by atoms with E-state index in [-0.39, 0.29) is 51.9 Å². The minimum Gasteiger partial charge on any atom is -1.00 e. The standard InChI is InChI=1S/C19H26.2ClH.Ti/c1-7-15-9-13(3)17(11-15)19(5,6)18-12-16(8-2)10-14(18)4;;;/h9-10,15-16H,7-8H2,1-6H3;2*1H;/q-2;;;+4/p-2. The molecule has 2 aliphatic rings. The molecular formula is C19H26Cl2Ti. The van der Waals surface area contributed by atoms with Crippen LogP contribution in [0.5, 0.6) is 0 Å². The second-order valence-electron chi connectivity index (χ2n) is 6.39. The molecule has 120 valence electrons. The van der Waals surface area contributed by atoms with Crippen molar-refractivity contribution in [3.05, 3.63) is 46.6 Å². The van der Waals surface area contributed by atoms with Gasteiger partial charge >= 0.3 is 21.7 Å². The number of hydrogen-bond acceptors (Lipinski definition) is 0. The quantitative estimate of drug-likeness (QED) is 0.459. The minimum absolute atomic E-state index is 0. The molecule has 0 N–H and O–H groups in total. The molecule has 0 aliphatic heterocycles. The average Bonchev–Trinajstić information content (AvgIpc) is 2.92. The van der Waals surface area contributed by atoms with Crippen molar-refractivity contribution in [1.82, 2.24) is 0 Å². The molecule has 0 aromatic carbocycles. The Morgan fingerprint density at radius 2 is 1.18 bits per heavy atom. The average molecular weight is 373 g/mol. The van der Waals surface area contributed by atoms with Crippen molar-refractivity contribution >= 4 is 0 Å². The first-order valence-electron chi connectivity index (χ1n) is 7.55. The topological polar surface area (TPSA) is 0 Å². The molecule has 0 nitrogen and oxygen atoms in total. The SMILES string of the molecule is CCC1[C-]=C(C(C)(C)C2=[C-]C(CC)C=C2C)C(C)=C1.[Cl-].[Cl-].[Ti+4]. The Bertz CT molecular complexity index is 452. The van der Waals surface area contributed by atoms with Gasteiger partial charge in [-0.2, -0.15) is 23.3 Å². The van der Waals surface area contributed by atoms with E-state index in [9.17, 15) is 0 Å². The Balaban J connectivity index is 0. The molecule has 3 heteroatoms. The Hall–Kier alpha value is 0.254.